The van der Waals surface area contributed by atoms with E-state index in [9.17, 15) is 4.79 Å². The quantitative estimate of drug-likeness (QED) is 0.642. The number of rotatable bonds is 4. The van der Waals surface area contributed by atoms with Crippen molar-refractivity contribution in [1.29, 1.82) is 0 Å². The van der Waals surface area contributed by atoms with Gasteiger partial charge in [0, 0.05) is 18.5 Å². The zero-order chi connectivity index (χ0) is 14.7. The summed E-state index contributed by atoms with van der Waals surface area (Å²) in [6.07, 6.45) is 4.60. The van der Waals surface area contributed by atoms with Gasteiger partial charge in [0.25, 0.3) is 0 Å². The van der Waals surface area contributed by atoms with Gasteiger partial charge in [-0.2, -0.15) is 0 Å². The summed E-state index contributed by atoms with van der Waals surface area (Å²) in [5, 5.41) is 9.40. The monoisotopic (exact) mass is 301 g/mol. The van der Waals surface area contributed by atoms with E-state index in [1.54, 1.807) is 0 Å². The van der Waals surface area contributed by atoms with Crippen LogP contribution in [0.25, 0.3) is 0 Å². The van der Waals surface area contributed by atoms with Crippen molar-refractivity contribution in [3.05, 3.63) is 41.2 Å². The van der Waals surface area contributed by atoms with Crippen LogP contribution in [0, 0.1) is 6.92 Å². The molecule has 1 aliphatic heterocycles. The smallest absolute Gasteiger partial charge is 0.191 e. The second-order valence-corrected chi connectivity index (χ2v) is 6.33. The molecule has 1 aliphatic rings. The summed E-state index contributed by atoms with van der Waals surface area (Å²) in [7, 11) is 0. The normalized spacial score (nSPS) is 14.5. The molecule has 4 nitrogen and oxygen atoms in total. The molecule has 0 N–H and O–H groups in total. The Morgan fingerprint density at radius 1 is 1.24 bits per heavy atom. The minimum atomic E-state index is 0.157. The van der Waals surface area contributed by atoms with E-state index in [1.807, 2.05) is 31.2 Å². The summed E-state index contributed by atoms with van der Waals surface area (Å²) in [5.74, 6) is 1.64. The number of hydrogen-bond acceptors (Lipinski definition) is 4. The van der Waals surface area contributed by atoms with Gasteiger partial charge in [-0.05, 0) is 25.3 Å². The molecule has 0 radical (unpaired) electrons. The lowest BCUT2D eigenvalue weighted by atomic mass is 10.1. The molecule has 1 aromatic carbocycles. The van der Waals surface area contributed by atoms with Crippen LogP contribution in [0.1, 0.15) is 41.0 Å². The van der Waals surface area contributed by atoms with Crippen LogP contribution >= 0.6 is 11.8 Å². The number of fused-ring (bicyclic) bond motifs is 1. The minimum absolute atomic E-state index is 0.157. The lowest BCUT2D eigenvalue weighted by Gasteiger charge is -2.07. The van der Waals surface area contributed by atoms with Gasteiger partial charge in [-0.1, -0.05) is 42.4 Å². The lowest BCUT2D eigenvalue weighted by molar-refractivity contribution is 0.102. The number of benzene rings is 1. The fourth-order valence-corrected chi connectivity index (χ4v) is 3.53. The fraction of sp³-hybridized carbons (Fsp3) is 0.438. The first-order chi connectivity index (χ1) is 10.3. The molecule has 110 valence electrons. The zero-order valence-corrected chi connectivity index (χ0v) is 13.0. The van der Waals surface area contributed by atoms with Gasteiger partial charge in [0.1, 0.15) is 5.82 Å². The summed E-state index contributed by atoms with van der Waals surface area (Å²) in [6, 6.07) is 7.73. The number of aryl methyl sites for hydroxylation is 2. The Bertz CT molecular complexity index is 651. The Hall–Kier alpha value is -1.62. The molecular formula is C16H19N3OS. The lowest BCUT2D eigenvalue weighted by Crippen LogP contribution is -2.07. The number of carbonyl (C=O) groups is 1. The molecule has 0 amide bonds. The number of carbonyl (C=O) groups excluding carboxylic acids is 1. The topological polar surface area (TPSA) is 47.8 Å². The summed E-state index contributed by atoms with van der Waals surface area (Å²) in [4.78, 5) is 12.3. The van der Waals surface area contributed by atoms with Crippen molar-refractivity contribution in [2.45, 2.75) is 44.3 Å². The first-order valence-electron chi connectivity index (χ1n) is 7.39. The van der Waals surface area contributed by atoms with Crippen molar-refractivity contribution >= 4 is 17.5 Å². The average Bonchev–Trinajstić information content (AvgIpc) is 2.72. The highest BCUT2D eigenvalue weighted by molar-refractivity contribution is 7.99. The van der Waals surface area contributed by atoms with Crippen LogP contribution in [0.2, 0.25) is 0 Å². The van der Waals surface area contributed by atoms with E-state index in [0.29, 0.717) is 5.75 Å². The third kappa shape index (κ3) is 3.18. The van der Waals surface area contributed by atoms with E-state index in [1.165, 1.54) is 31.0 Å². The Morgan fingerprint density at radius 2 is 2.10 bits per heavy atom. The number of aromatic nitrogens is 3. The summed E-state index contributed by atoms with van der Waals surface area (Å²) in [5.41, 5.74) is 1.84. The van der Waals surface area contributed by atoms with Gasteiger partial charge in [0.2, 0.25) is 0 Å². The van der Waals surface area contributed by atoms with Crippen molar-refractivity contribution in [3.63, 3.8) is 0 Å². The Labute approximate surface area is 129 Å². The molecule has 2 aromatic rings. The fourth-order valence-electron chi connectivity index (χ4n) is 2.66. The molecule has 2 heterocycles. The van der Waals surface area contributed by atoms with Gasteiger partial charge in [-0.3, -0.25) is 4.79 Å². The van der Waals surface area contributed by atoms with Crippen LogP contribution in [-0.4, -0.2) is 26.3 Å². The van der Waals surface area contributed by atoms with Gasteiger partial charge >= 0.3 is 0 Å². The summed E-state index contributed by atoms with van der Waals surface area (Å²) >= 11 is 1.50. The highest BCUT2D eigenvalue weighted by atomic mass is 32.2. The first kappa shape index (κ1) is 14.3. The van der Waals surface area contributed by atoms with E-state index in [-0.39, 0.29) is 5.78 Å². The SMILES string of the molecule is Cc1ccccc1C(=O)CSc1nnc2n1CCCCC2. The van der Waals surface area contributed by atoms with Gasteiger partial charge in [0.05, 0.1) is 5.75 Å². The molecule has 0 saturated heterocycles. The maximum atomic E-state index is 12.3. The van der Waals surface area contributed by atoms with Crippen LogP contribution in [0.3, 0.4) is 0 Å². The predicted octanol–water partition coefficient (Wildman–Crippen LogP) is 3.29. The third-order valence-electron chi connectivity index (χ3n) is 3.85. The van der Waals surface area contributed by atoms with Crippen LogP contribution < -0.4 is 0 Å². The Morgan fingerprint density at radius 3 is 2.95 bits per heavy atom. The van der Waals surface area contributed by atoms with E-state index < -0.39 is 0 Å². The number of Topliss-reactive ketones (excluding diaryl/α,β-unsaturated/α-hetero) is 1. The largest absolute Gasteiger partial charge is 0.306 e. The molecule has 5 heteroatoms. The molecule has 1 aromatic heterocycles. The Balaban J connectivity index is 1.70. The summed E-state index contributed by atoms with van der Waals surface area (Å²) < 4.78 is 2.18. The number of ketones is 1. The van der Waals surface area contributed by atoms with Crippen molar-refractivity contribution in [3.8, 4) is 0 Å². The maximum Gasteiger partial charge on any atom is 0.191 e. The highest BCUT2D eigenvalue weighted by Gasteiger charge is 2.17. The van der Waals surface area contributed by atoms with Gasteiger partial charge in [0.15, 0.2) is 10.9 Å². The predicted molar refractivity (Wildman–Crippen MR) is 83.8 cm³/mol. The molecule has 0 aliphatic carbocycles. The molecule has 0 unspecified atom stereocenters. The third-order valence-corrected chi connectivity index (χ3v) is 4.82. The molecule has 0 fully saturated rings. The van der Waals surface area contributed by atoms with Crippen LogP contribution in [0.15, 0.2) is 29.4 Å². The maximum absolute atomic E-state index is 12.3. The van der Waals surface area contributed by atoms with Gasteiger partial charge in [-0.15, -0.1) is 10.2 Å². The number of nitrogens with zero attached hydrogens (tertiary/aromatic N) is 3. The van der Waals surface area contributed by atoms with E-state index in [4.69, 9.17) is 0 Å². The van der Waals surface area contributed by atoms with Crippen molar-refractivity contribution in [2.24, 2.45) is 0 Å². The van der Waals surface area contributed by atoms with E-state index in [0.717, 1.165) is 35.1 Å². The van der Waals surface area contributed by atoms with Gasteiger partial charge in [-0.25, -0.2) is 0 Å². The first-order valence-corrected chi connectivity index (χ1v) is 8.38. The van der Waals surface area contributed by atoms with Crippen LogP contribution in [0.4, 0.5) is 0 Å². The van der Waals surface area contributed by atoms with Crippen molar-refractivity contribution in [1.82, 2.24) is 14.8 Å². The minimum Gasteiger partial charge on any atom is -0.306 e. The second-order valence-electron chi connectivity index (χ2n) is 5.39. The molecule has 3 rings (SSSR count). The second kappa shape index (κ2) is 6.43. The van der Waals surface area contributed by atoms with Gasteiger partial charge < -0.3 is 4.57 Å². The molecule has 0 spiro atoms. The molecular weight excluding hydrogens is 282 g/mol. The van der Waals surface area contributed by atoms with Crippen molar-refractivity contribution in [2.75, 3.05) is 5.75 Å². The standard InChI is InChI=1S/C16H19N3OS/c1-12-7-4-5-8-13(12)14(20)11-21-16-18-17-15-9-3-2-6-10-19(15)16/h4-5,7-8H,2-3,6,9-11H2,1H3. The number of thioether (sulfide) groups is 1. The van der Waals surface area contributed by atoms with Crippen LogP contribution in [0.5, 0.6) is 0 Å². The highest BCUT2D eigenvalue weighted by Crippen LogP contribution is 2.23. The number of hydrogen-bond donors (Lipinski definition) is 0. The van der Waals surface area contributed by atoms with Crippen LogP contribution in [-0.2, 0) is 13.0 Å². The Kier molecular flexibility index (Phi) is 4.39. The molecule has 0 saturated carbocycles. The van der Waals surface area contributed by atoms with Crippen molar-refractivity contribution < 1.29 is 4.79 Å². The summed E-state index contributed by atoms with van der Waals surface area (Å²) in [6.45, 7) is 2.95. The molecule has 0 atom stereocenters. The average molecular weight is 301 g/mol. The zero-order valence-electron chi connectivity index (χ0n) is 12.2. The van der Waals surface area contributed by atoms with E-state index >= 15 is 0 Å². The molecule has 0 bridgehead atoms. The molecule has 21 heavy (non-hydrogen) atoms. The van der Waals surface area contributed by atoms with E-state index in [2.05, 4.69) is 14.8 Å².